The predicted octanol–water partition coefficient (Wildman–Crippen LogP) is 1.18. The van der Waals surface area contributed by atoms with Gasteiger partial charge in [0.25, 0.3) is 0 Å². The Kier molecular flexibility index (Phi) is 2.40. The van der Waals surface area contributed by atoms with E-state index in [9.17, 15) is 0 Å². The van der Waals surface area contributed by atoms with Crippen LogP contribution in [0.15, 0.2) is 24.5 Å². The minimum atomic E-state index is 0.198. The second-order valence-electron chi connectivity index (χ2n) is 2.36. The van der Waals surface area contributed by atoms with Gasteiger partial charge in [0.2, 0.25) is 0 Å². The maximum Gasteiger partial charge on any atom is 0.0497 e. The van der Waals surface area contributed by atoms with Gasteiger partial charge in [-0.25, -0.2) is 0 Å². The van der Waals surface area contributed by atoms with Crippen molar-refractivity contribution in [3.8, 4) is 0 Å². The van der Waals surface area contributed by atoms with E-state index in [2.05, 4.69) is 4.98 Å². The Hall–Kier alpha value is -0.890. The zero-order valence-electron chi connectivity index (χ0n) is 5.99. The number of hydrogen-bond acceptors (Lipinski definition) is 2. The first kappa shape index (κ1) is 7.22. The van der Waals surface area contributed by atoms with Crippen LogP contribution in [0, 0.1) is 0 Å². The molecular formula is C8H11NO. The number of aliphatic hydroxyl groups is 1. The number of aliphatic hydroxyl groups excluding tert-OH is 1. The first-order valence-electron chi connectivity index (χ1n) is 3.35. The Morgan fingerprint density at radius 1 is 1.50 bits per heavy atom. The predicted molar refractivity (Wildman–Crippen MR) is 39.7 cm³/mol. The maximum absolute atomic E-state index is 8.77. The van der Waals surface area contributed by atoms with Crippen molar-refractivity contribution < 1.29 is 5.11 Å². The smallest absolute Gasteiger partial charge is 0.0497 e. The molecule has 0 saturated carbocycles. The molecular weight excluding hydrogens is 126 g/mol. The summed E-state index contributed by atoms with van der Waals surface area (Å²) in [6.07, 6.45) is 3.48. The number of rotatable bonds is 2. The van der Waals surface area contributed by atoms with Gasteiger partial charge in [0.05, 0.1) is 0 Å². The molecule has 0 aliphatic heterocycles. The summed E-state index contributed by atoms with van der Waals surface area (Å²) in [5.74, 6) is 0.225. The topological polar surface area (TPSA) is 33.1 Å². The molecule has 0 aliphatic carbocycles. The molecule has 0 aromatic carbocycles. The summed E-state index contributed by atoms with van der Waals surface area (Å²) in [7, 11) is 0. The number of aromatic nitrogens is 1. The van der Waals surface area contributed by atoms with Gasteiger partial charge in [-0.3, -0.25) is 4.98 Å². The summed E-state index contributed by atoms with van der Waals surface area (Å²) < 4.78 is 0. The lowest BCUT2D eigenvalue weighted by molar-refractivity contribution is 0.273. The average molecular weight is 137 g/mol. The largest absolute Gasteiger partial charge is 0.396 e. The van der Waals surface area contributed by atoms with E-state index < -0.39 is 0 Å². The second kappa shape index (κ2) is 3.32. The van der Waals surface area contributed by atoms with Crippen LogP contribution in [-0.4, -0.2) is 16.7 Å². The Morgan fingerprint density at radius 3 is 2.60 bits per heavy atom. The lowest BCUT2D eigenvalue weighted by atomic mass is 10.0. The maximum atomic E-state index is 8.77. The Labute approximate surface area is 60.5 Å². The molecule has 1 atom stereocenters. The normalized spacial score (nSPS) is 13.0. The van der Waals surface area contributed by atoms with Crippen LogP contribution in [0.3, 0.4) is 0 Å². The molecule has 10 heavy (non-hydrogen) atoms. The fourth-order valence-electron chi connectivity index (χ4n) is 0.797. The van der Waals surface area contributed by atoms with Gasteiger partial charge in [-0.15, -0.1) is 0 Å². The van der Waals surface area contributed by atoms with E-state index in [4.69, 9.17) is 5.11 Å². The van der Waals surface area contributed by atoms with Gasteiger partial charge in [0, 0.05) is 24.9 Å². The molecule has 0 amide bonds. The van der Waals surface area contributed by atoms with E-state index in [-0.39, 0.29) is 12.5 Å². The van der Waals surface area contributed by atoms with Crippen LogP contribution in [0.1, 0.15) is 18.4 Å². The van der Waals surface area contributed by atoms with E-state index in [1.165, 1.54) is 0 Å². The third-order valence-electron chi connectivity index (χ3n) is 1.55. The van der Waals surface area contributed by atoms with Crippen LogP contribution in [0.5, 0.6) is 0 Å². The minimum absolute atomic E-state index is 0.198. The third-order valence-corrected chi connectivity index (χ3v) is 1.55. The number of pyridine rings is 1. The van der Waals surface area contributed by atoms with Gasteiger partial charge in [0.1, 0.15) is 0 Å². The van der Waals surface area contributed by atoms with Gasteiger partial charge < -0.3 is 5.11 Å². The minimum Gasteiger partial charge on any atom is -0.396 e. The molecule has 0 spiro atoms. The molecule has 0 aliphatic rings. The first-order valence-corrected chi connectivity index (χ1v) is 3.35. The highest BCUT2D eigenvalue weighted by Gasteiger charge is 2.00. The molecule has 0 fully saturated rings. The van der Waals surface area contributed by atoms with Crippen molar-refractivity contribution in [3.05, 3.63) is 30.1 Å². The zero-order valence-corrected chi connectivity index (χ0v) is 5.99. The summed E-state index contributed by atoms with van der Waals surface area (Å²) in [5.41, 5.74) is 1.14. The summed E-state index contributed by atoms with van der Waals surface area (Å²) >= 11 is 0. The molecule has 1 N–H and O–H groups in total. The molecule has 1 heterocycles. The van der Waals surface area contributed by atoms with Crippen LogP contribution < -0.4 is 0 Å². The lowest BCUT2D eigenvalue weighted by Crippen LogP contribution is -1.97. The summed E-state index contributed by atoms with van der Waals surface area (Å²) in [5, 5.41) is 8.77. The molecule has 0 radical (unpaired) electrons. The van der Waals surface area contributed by atoms with Gasteiger partial charge in [0.15, 0.2) is 0 Å². The molecule has 2 nitrogen and oxygen atoms in total. The number of nitrogens with zero attached hydrogens (tertiary/aromatic N) is 1. The second-order valence-corrected chi connectivity index (χ2v) is 2.36. The Morgan fingerprint density at radius 2 is 2.10 bits per heavy atom. The highest BCUT2D eigenvalue weighted by atomic mass is 16.3. The average Bonchev–Trinajstić information content (AvgIpc) is 2.05. The van der Waals surface area contributed by atoms with Crippen LogP contribution in [0.25, 0.3) is 0 Å². The molecule has 1 aromatic rings. The van der Waals surface area contributed by atoms with E-state index in [0.717, 1.165) is 5.56 Å². The summed E-state index contributed by atoms with van der Waals surface area (Å²) in [6, 6.07) is 3.84. The van der Waals surface area contributed by atoms with E-state index in [0.29, 0.717) is 0 Å². The summed E-state index contributed by atoms with van der Waals surface area (Å²) in [6.45, 7) is 2.18. The highest BCUT2D eigenvalue weighted by Crippen LogP contribution is 2.11. The first-order chi connectivity index (χ1) is 4.84. The molecule has 1 unspecified atom stereocenters. The van der Waals surface area contributed by atoms with Gasteiger partial charge in [-0.05, 0) is 17.7 Å². The van der Waals surface area contributed by atoms with E-state index in [1.807, 2.05) is 19.1 Å². The van der Waals surface area contributed by atoms with Crippen molar-refractivity contribution in [3.63, 3.8) is 0 Å². The van der Waals surface area contributed by atoms with Crippen LogP contribution >= 0.6 is 0 Å². The van der Waals surface area contributed by atoms with Crippen molar-refractivity contribution in [1.29, 1.82) is 0 Å². The van der Waals surface area contributed by atoms with Gasteiger partial charge in [-0.1, -0.05) is 6.92 Å². The molecule has 1 aromatic heterocycles. The van der Waals surface area contributed by atoms with Crippen molar-refractivity contribution in [2.24, 2.45) is 0 Å². The highest BCUT2D eigenvalue weighted by molar-refractivity contribution is 5.14. The molecule has 0 bridgehead atoms. The van der Waals surface area contributed by atoms with Crippen molar-refractivity contribution >= 4 is 0 Å². The fraction of sp³-hybridized carbons (Fsp3) is 0.375. The standard InChI is InChI=1S/C8H11NO/c1-7(6-10)8-2-4-9-5-3-8/h2-5,7,10H,6H2,1H3. The van der Waals surface area contributed by atoms with Gasteiger partial charge in [-0.2, -0.15) is 0 Å². The lowest BCUT2D eigenvalue weighted by Gasteiger charge is -2.05. The van der Waals surface area contributed by atoms with E-state index >= 15 is 0 Å². The Balaban J connectivity index is 2.75. The zero-order chi connectivity index (χ0) is 7.40. The SMILES string of the molecule is CC(CO)c1ccncc1. The summed E-state index contributed by atoms with van der Waals surface area (Å²) in [4.78, 5) is 3.88. The van der Waals surface area contributed by atoms with Gasteiger partial charge >= 0.3 is 0 Å². The van der Waals surface area contributed by atoms with Crippen molar-refractivity contribution in [2.45, 2.75) is 12.8 Å². The monoisotopic (exact) mass is 137 g/mol. The van der Waals surface area contributed by atoms with Crippen LogP contribution in [-0.2, 0) is 0 Å². The van der Waals surface area contributed by atoms with E-state index in [1.54, 1.807) is 12.4 Å². The van der Waals surface area contributed by atoms with Crippen LogP contribution in [0.2, 0.25) is 0 Å². The molecule has 54 valence electrons. The molecule has 2 heteroatoms. The molecule has 0 saturated heterocycles. The quantitative estimate of drug-likeness (QED) is 0.664. The fourth-order valence-corrected chi connectivity index (χ4v) is 0.797. The van der Waals surface area contributed by atoms with Crippen molar-refractivity contribution in [2.75, 3.05) is 6.61 Å². The van der Waals surface area contributed by atoms with Crippen LogP contribution in [0.4, 0.5) is 0 Å². The van der Waals surface area contributed by atoms with Crippen molar-refractivity contribution in [1.82, 2.24) is 4.98 Å². The Bertz CT molecular complexity index is 186. The molecule has 1 rings (SSSR count). The third kappa shape index (κ3) is 1.54. The number of hydrogen-bond donors (Lipinski definition) is 1.